The van der Waals surface area contributed by atoms with E-state index in [1.54, 1.807) is 30.7 Å². The lowest BCUT2D eigenvalue weighted by atomic mass is 9.97. The Kier molecular flexibility index (Phi) is 4.67. The van der Waals surface area contributed by atoms with Gasteiger partial charge in [-0.25, -0.2) is 4.98 Å². The van der Waals surface area contributed by atoms with E-state index in [-0.39, 0.29) is 5.56 Å². The molecular formula is C20H19N3O2S. The first kappa shape index (κ1) is 16.7. The normalized spacial score (nSPS) is 14.3. The number of aryl methyl sites for hydroxylation is 2. The number of allylic oxidation sites excluding steroid dienone is 1. The fourth-order valence-electron chi connectivity index (χ4n) is 3.28. The van der Waals surface area contributed by atoms with Gasteiger partial charge in [-0.05, 0) is 49.5 Å². The van der Waals surface area contributed by atoms with Crippen molar-refractivity contribution in [3.05, 3.63) is 63.0 Å². The lowest BCUT2D eigenvalue weighted by molar-refractivity contribution is 0.414. The van der Waals surface area contributed by atoms with Crippen molar-refractivity contribution < 1.29 is 4.74 Å². The molecule has 5 nitrogen and oxygen atoms in total. The van der Waals surface area contributed by atoms with E-state index in [4.69, 9.17) is 4.74 Å². The molecule has 132 valence electrons. The van der Waals surface area contributed by atoms with Crippen molar-refractivity contribution in [1.29, 1.82) is 0 Å². The number of nitrogens with zero attached hydrogens (tertiary/aromatic N) is 3. The van der Waals surface area contributed by atoms with E-state index in [2.05, 4.69) is 10.1 Å². The Bertz CT molecular complexity index is 1060. The smallest absolute Gasteiger partial charge is 0.282 e. The van der Waals surface area contributed by atoms with Gasteiger partial charge in [0.15, 0.2) is 0 Å². The van der Waals surface area contributed by atoms with Crippen molar-refractivity contribution in [2.45, 2.75) is 25.7 Å². The van der Waals surface area contributed by atoms with Gasteiger partial charge in [0.25, 0.3) is 5.56 Å². The van der Waals surface area contributed by atoms with Crippen molar-refractivity contribution in [2.24, 2.45) is 5.10 Å². The van der Waals surface area contributed by atoms with Crippen LogP contribution in [0, 0.1) is 0 Å². The molecule has 0 bridgehead atoms. The molecule has 0 aliphatic heterocycles. The molecule has 0 saturated carbocycles. The van der Waals surface area contributed by atoms with Gasteiger partial charge in [0.05, 0.1) is 12.5 Å². The summed E-state index contributed by atoms with van der Waals surface area (Å²) in [6.07, 6.45) is 11.1. The van der Waals surface area contributed by atoms with Crippen LogP contribution >= 0.6 is 11.3 Å². The van der Waals surface area contributed by atoms with Crippen LogP contribution in [0.2, 0.25) is 0 Å². The van der Waals surface area contributed by atoms with Crippen LogP contribution in [0.1, 0.15) is 28.8 Å². The first-order chi connectivity index (χ1) is 12.8. The average molecular weight is 365 g/mol. The van der Waals surface area contributed by atoms with Crippen molar-refractivity contribution in [3.63, 3.8) is 0 Å². The zero-order valence-electron chi connectivity index (χ0n) is 14.5. The number of hydrogen-bond donors (Lipinski definition) is 0. The third-order valence-corrected chi connectivity index (χ3v) is 5.75. The van der Waals surface area contributed by atoms with Gasteiger partial charge in [-0.2, -0.15) is 9.78 Å². The van der Waals surface area contributed by atoms with Gasteiger partial charge in [0.2, 0.25) is 0 Å². The highest BCUT2D eigenvalue weighted by atomic mass is 32.1. The highest BCUT2D eigenvalue weighted by Gasteiger charge is 2.19. The molecule has 26 heavy (non-hydrogen) atoms. The molecule has 6 heteroatoms. The highest BCUT2D eigenvalue weighted by molar-refractivity contribution is 7.18. The van der Waals surface area contributed by atoms with Crippen LogP contribution in [-0.2, 0) is 12.8 Å². The minimum atomic E-state index is -0.0867. The molecule has 0 N–H and O–H groups in total. The van der Waals surface area contributed by atoms with Gasteiger partial charge >= 0.3 is 0 Å². The maximum Gasteiger partial charge on any atom is 0.282 e. The number of thiophene rings is 1. The van der Waals surface area contributed by atoms with E-state index in [1.807, 2.05) is 30.3 Å². The Labute approximate surface area is 155 Å². The molecule has 2 aromatic heterocycles. The summed E-state index contributed by atoms with van der Waals surface area (Å²) in [7, 11) is 1.64. The molecule has 1 aliphatic rings. The number of ether oxygens (including phenoxy) is 1. The summed E-state index contributed by atoms with van der Waals surface area (Å²) in [5, 5.41) is 5.00. The molecule has 3 aromatic rings. The number of para-hydroxylation sites is 1. The summed E-state index contributed by atoms with van der Waals surface area (Å²) >= 11 is 1.65. The Morgan fingerprint density at radius 2 is 2.12 bits per heavy atom. The molecule has 0 atom stereocenters. The van der Waals surface area contributed by atoms with E-state index in [9.17, 15) is 4.79 Å². The van der Waals surface area contributed by atoms with Crippen molar-refractivity contribution >= 4 is 33.8 Å². The number of aromatic nitrogens is 2. The Morgan fingerprint density at radius 3 is 3.00 bits per heavy atom. The predicted molar refractivity (Wildman–Crippen MR) is 106 cm³/mol. The molecule has 1 aliphatic carbocycles. The highest BCUT2D eigenvalue weighted by Crippen LogP contribution is 2.33. The second-order valence-corrected chi connectivity index (χ2v) is 7.23. The number of fused-ring (bicyclic) bond motifs is 3. The SMILES string of the molecule is COc1ccccc1/C=C/C=N/n1cnc2sc3c(c2c1=O)CCCC3. The van der Waals surface area contributed by atoms with E-state index in [0.29, 0.717) is 0 Å². The van der Waals surface area contributed by atoms with Crippen LogP contribution in [0.15, 0.2) is 46.6 Å². The monoisotopic (exact) mass is 365 g/mol. The van der Waals surface area contributed by atoms with E-state index in [1.165, 1.54) is 27.9 Å². The average Bonchev–Trinajstić information content (AvgIpc) is 3.06. The standard InChI is InChI=1S/C20H19N3O2S/c1-25-16-10-4-2-7-14(16)8-6-12-22-23-13-21-19-18(20(23)24)15-9-3-5-11-17(15)26-19/h2,4,6-8,10,12-13H,3,5,9,11H2,1H3/b8-6+,22-12+. The largest absolute Gasteiger partial charge is 0.496 e. The maximum atomic E-state index is 12.8. The lowest BCUT2D eigenvalue weighted by Gasteiger charge is -2.09. The number of benzene rings is 1. The minimum Gasteiger partial charge on any atom is -0.496 e. The summed E-state index contributed by atoms with van der Waals surface area (Å²) in [6.45, 7) is 0. The van der Waals surface area contributed by atoms with Crippen LogP contribution in [0.3, 0.4) is 0 Å². The Balaban J connectivity index is 1.63. The Morgan fingerprint density at radius 1 is 1.27 bits per heavy atom. The third kappa shape index (κ3) is 3.08. The summed E-state index contributed by atoms with van der Waals surface area (Å²) in [5.41, 5.74) is 2.05. The third-order valence-electron chi connectivity index (χ3n) is 4.55. The van der Waals surface area contributed by atoms with Gasteiger partial charge in [-0.15, -0.1) is 11.3 Å². The van der Waals surface area contributed by atoms with E-state index in [0.717, 1.165) is 40.8 Å². The van der Waals surface area contributed by atoms with Gasteiger partial charge in [-0.3, -0.25) is 4.79 Å². The van der Waals surface area contributed by atoms with E-state index < -0.39 is 0 Å². The maximum absolute atomic E-state index is 12.8. The zero-order chi connectivity index (χ0) is 17.9. The molecule has 0 unspecified atom stereocenters. The Hall–Kier alpha value is -2.73. The molecule has 4 rings (SSSR count). The number of methoxy groups -OCH3 is 1. The van der Waals surface area contributed by atoms with Crippen molar-refractivity contribution in [1.82, 2.24) is 9.66 Å². The molecule has 0 amide bonds. The van der Waals surface area contributed by atoms with Gasteiger partial charge < -0.3 is 4.74 Å². The zero-order valence-corrected chi connectivity index (χ0v) is 15.3. The minimum absolute atomic E-state index is 0.0867. The van der Waals surface area contributed by atoms with Crippen LogP contribution in [0.25, 0.3) is 16.3 Å². The first-order valence-corrected chi connectivity index (χ1v) is 9.45. The van der Waals surface area contributed by atoms with Crippen LogP contribution in [0.4, 0.5) is 0 Å². The molecule has 0 radical (unpaired) electrons. The second-order valence-electron chi connectivity index (χ2n) is 6.15. The summed E-state index contributed by atoms with van der Waals surface area (Å²) < 4.78 is 6.63. The van der Waals surface area contributed by atoms with Crippen LogP contribution < -0.4 is 10.3 Å². The fraction of sp³-hybridized carbons (Fsp3) is 0.250. The van der Waals surface area contributed by atoms with Gasteiger partial charge in [-0.1, -0.05) is 18.2 Å². The summed E-state index contributed by atoms with van der Waals surface area (Å²) in [4.78, 5) is 19.4. The second kappa shape index (κ2) is 7.25. The first-order valence-electron chi connectivity index (χ1n) is 8.64. The molecule has 0 saturated heterocycles. The quantitative estimate of drug-likeness (QED) is 0.659. The number of hydrogen-bond acceptors (Lipinski definition) is 5. The van der Waals surface area contributed by atoms with Crippen LogP contribution in [-0.4, -0.2) is 23.0 Å². The summed E-state index contributed by atoms with van der Waals surface area (Å²) in [5.74, 6) is 0.794. The topological polar surface area (TPSA) is 56.5 Å². The van der Waals surface area contributed by atoms with Crippen LogP contribution in [0.5, 0.6) is 5.75 Å². The lowest BCUT2D eigenvalue weighted by Crippen LogP contribution is -2.17. The predicted octanol–water partition coefficient (Wildman–Crippen LogP) is 3.89. The van der Waals surface area contributed by atoms with Crippen molar-refractivity contribution in [2.75, 3.05) is 7.11 Å². The van der Waals surface area contributed by atoms with Gasteiger partial charge in [0.1, 0.15) is 16.9 Å². The summed E-state index contributed by atoms with van der Waals surface area (Å²) in [6, 6.07) is 7.73. The molecule has 1 aromatic carbocycles. The molecular weight excluding hydrogens is 346 g/mol. The van der Waals surface area contributed by atoms with E-state index >= 15 is 0 Å². The van der Waals surface area contributed by atoms with Gasteiger partial charge in [0, 0.05) is 16.7 Å². The fourth-order valence-corrected chi connectivity index (χ4v) is 4.50. The molecule has 0 fully saturated rings. The molecule has 2 heterocycles. The number of rotatable bonds is 4. The van der Waals surface area contributed by atoms with Crippen molar-refractivity contribution in [3.8, 4) is 5.75 Å². The molecule has 0 spiro atoms.